The average molecular weight is 1270 g/mol. The molecule has 0 aromatic heterocycles. The van der Waals surface area contributed by atoms with Gasteiger partial charge in [0, 0.05) is 7.11 Å². The summed E-state index contributed by atoms with van der Waals surface area (Å²) in [5.74, 6) is -0.889. The first kappa shape index (κ1) is 68.8. The van der Waals surface area contributed by atoms with Gasteiger partial charge in [0.1, 0.15) is 126 Å². The highest BCUT2D eigenvalue weighted by atomic mass is 16.8. The number of allylic oxidation sites excluding steroid dienone is 3. The molecule has 504 valence electrons. The van der Waals surface area contributed by atoms with E-state index in [0.717, 1.165) is 11.1 Å². The van der Waals surface area contributed by atoms with E-state index in [4.69, 9.17) is 56.8 Å². The number of fused-ring (bicyclic) bond motifs is 4. The van der Waals surface area contributed by atoms with Crippen LogP contribution >= 0.6 is 0 Å². The first-order valence-electron chi connectivity index (χ1n) is 31.0. The van der Waals surface area contributed by atoms with Crippen molar-refractivity contribution in [1.82, 2.24) is 0 Å². The minimum absolute atomic E-state index is 0.116. The Kier molecular flexibility index (Phi) is 20.0. The highest BCUT2D eigenvalue weighted by molar-refractivity contribution is 5.86. The topological polar surface area (TPSA) is 431 Å². The van der Waals surface area contributed by atoms with Gasteiger partial charge in [-0.2, -0.15) is 0 Å². The number of hydrogen-bond acceptors (Lipinski definition) is 28. The molecule has 10 rings (SSSR count). The highest BCUT2D eigenvalue weighted by Crippen LogP contribution is 2.77. The molecule has 0 aromatic rings. The monoisotopic (exact) mass is 1260 g/mol. The van der Waals surface area contributed by atoms with Gasteiger partial charge in [-0.1, -0.05) is 51.0 Å². The van der Waals surface area contributed by atoms with E-state index in [9.17, 15) is 81.4 Å². The van der Waals surface area contributed by atoms with Crippen molar-refractivity contribution in [3.8, 4) is 0 Å². The van der Waals surface area contributed by atoms with Crippen LogP contribution in [0.3, 0.4) is 0 Å². The van der Waals surface area contributed by atoms with Crippen LogP contribution in [0.1, 0.15) is 107 Å². The number of methoxy groups -OCH3 is 1. The lowest BCUT2D eigenvalue weighted by Crippen LogP contribution is -2.68. The van der Waals surface area contributed by atoms with Gasteiger partial charge >= 0.3 is 5.97 Å². The fourth-order valence-corrected chi connectivity index (χ4v) is 17.5. The number of ether oxygens (including phenoxy) is 12. The molecule has 15 N–H and O–H groups in total. The van der Waals surface area contributed by atoms with Gasteiger partial charge < -0.3 is 133 Å². The summed E-state index contributed by atoms with van der Waals surface area (Å²) >= 11 is 0. The number of aliphatic hydroxyl groups excluding tert-OH is 14. The molecular weight excluding hydrogens is 1170 g/mol. The normalized spacial score (nSPS) is 53.5. The van der Waals surface area contributed by atoms with Crippen LogP contribution in [0.2, 0.25) is 0 Å². The Labute approximate surface area is 510 Å². The van der Waals surface area contributed by atoms with Crippen LogP contribution in [0.4, 0.5) is 0 Å². The Morgan fingerprint density at radius 2 is 1.16 bits per heavy atom. The number of cyclic esters (lactones) is 1. The maximum atomic E-state index is 14.6. The predicted molar refractivity (Wildman–Crippen MR) is 296 cm³/mol. The minimum Gasteiger partial charge on any atom is -0.456 e. The number of hydrogen-bond donors (Lipinski definition) is 15. The van der Waals surface area contributed by atoms with E-state index in [1.807, 2.05) is 32.9 Å². The summed E-state index contributed by atoms with van der Waals surface area (Å²) < 4.78 is 72.1. The fourth-order valence-electron chi connectivity index (χ4n) is 17.5. The number of rotatable bonds is 17. The largest absolute Gasteiger partial charge is 0.456 e. The summed E-state index contributed by atoms with van der Waals surface area (Å²) in [6.45, 7) is 12.7. The molecule has 0 aromatic carbocycles. The lowest BCUT2D eigenvalue weighted by atomic mass is 9.40. The van der Waals surface area contributed by atoms with Gasteiger partial charge in [0.2, 0.25) is 0 Å². The molecular formula is C60H96O28. The van der Waals surface area contributed by atoms with E-state index in [0.29, 0.717) is 44.9 Å². The molecule has 0 radical (unpaired) electrons. The number of carbonyl (C=O) groups is 1. The van der Waals surface area contributed by atoms with Crippen LogP contribution in [0, 0.1) is 33.5 Å². The predicted octanol–water partition coefficient (Wildman–Crippen LogP) is -3.48. The summed E-state index contributed by atoms with van der Waals surface area (Å²) in [6.07, 6.45) is -34.4. The highest BCUT2D eigenvalue weighted by Gasteiger charge is 2.85. The molecule has 88 heavy (non-hydrogen) atoms. The van der Waals surface area contributed by atoms with E-state index in [2.05, 4.69) is 20.8 Å². The Hall–Kier alpha value is -2.09. The van der Waals surface area contributed by atoms with E-state index in [1.165, 1.54) is 14.0 Å². The first-order valence-corrected chi connectivity index (χ1v) is 31.0. The zero-order valence-electron chi connectivity index (χ0n) is 51.3. The van der Waals surface area contributed by atoms with Crippen molar-refractivity contribution in [1.29, 1.82) is 0 Å². The van der Waals surface area contributed by atoms with Crippen LogP contribution in [0.25, 0.3) is 0 Å². The second-order valence-corrected chi connectivity index (χ2v) is 27.8. The number of esters is 1. The maximum Gasteiger partial charge on any atom is 0.319 e. The fraction of sp³-hybridized carbons (Fsp3) is 0.917. The zero-order valence-corrected chi connectivity index (χ0v) is 51.3. The van der Waals surface area contributed by atoms with Crippen molar-refractivity contribution in [2.24, 2.45) is 33.5 Å². The molecule has 33 atom stereocenters. The van der Waals surface area contributed by atoms with Crippen molar-refractivity contribution in [3.63, 3.8) is 0 Å². The van der Waals surface area contributed by atoms with Gasteiger partial charge in [0.05, 0.1) is 44.7 Å². The zero-order chi connectivity index (χ0) is 64.3. The Bertz CT molecular complexity index is 2500. The van der Waals surface area contributed by atoms with Crippen molar-refractivity contribution in [2.45, 2.75) is 278 Å². The lowest BCUT2D eigenvalue weighted by molar-refractivity contribution is -0.394. The number of aliphatic hydroxyl groups is 15. The molecule has 0 bridgehead atoms. The van der Waals surface area contributed by atoms with Crippen molar-refractivity contribution >= 4 is 5.97 Å². The van der Waals surface area contributed by atoms with Crippen LogP contribution in [-0.4, -0.2) is 287 Å². The molecule has 6 heterocycles. The van der Waals surface area contributed by atoms with Gasteiger partial charge in [0.15, 0.2) is 31.5 Å². The van der Waals surface area contributed by atoms with Gasteiger partial charge in [0.25, 0.3) is 0 Å². The van der Waals surface area contributed by atoms with Crippen molar-refractivity contribution in [2.75, 3.05) is 33.5 Å². The summed E-state index contributed by atoms with van der Waals surface area (Å²) in [6, 6.07) is 0. The van der Waals surface area contributed by atoms with E-state index in [1.54, 1.807) is 6.92 Å². The summed E-state index contributed by atoms with van der Waals surface area (Å²) in [7, 11) is 1.18. The van der Waals surface area contributed by atoms with E-state index in [-0.39, 0.29) is 18.3 Å². The third-order valence-corrected chi connectivity index (χ3v) is 22.4. The minimum atomic E-state index is -2.04. The molecule has 28 heteroatoms. The molecule has 0 amide bonds. The Morgan fingerprint density at radius 3 is 1.77 bits per heavy atom. The molecule has 10 aliphatic rings. The molecule has 1 spiro atoms. The molecule has 0 unspecified atom stereocenters. The second-order valence-electron chi connectivity index (χ2n) is 27.8. The molecule has 6 saturated heterocycles. The van der Waals surface area contributed by atoms with Gasteiger partial charge in [-0.25, -0.2) is 0 Å². The van der Waals surface area contributed by atoms with Gasteiger partial charge in [-0.05, 0) is 107 Å². The quantitative estimate of drug-likeness (QED) is 0.0382. The summed E-state index contributed by atoms with van der Waals surface area (Å²) in [5, 5.41) is 168. The summed E-state index contributed by atoms with van der Waals surface area (Å²) in [4.78, 5) is 14.6. The summed E-state index contributed by atoms with van der Waals surface area (Å²) in [5.41, 5.74) is -4.49. The molecule has 28 nitrogen and oxygen atoms in total. The molecule has 3 saturated carbocycles. The van der Waals surface area contributed by atoms with Crippen LogP contribution in [0.15, 0.2) is 23.3 Å². The Balaban J connectivity index is 0.877. The molecule has 9 fully saturated rings. The van der Waals surface area contributed by atoms with Crippen LogP contribution in [0.5, 0.6) is 0 Å². The maximum absolute atomic E-state index is 14.6. The van der Waals surface area contributed by atoms with Crippen molar-refractivity contribution in [3.05, 3.63) is 23.3 Å². The standard InChI is InChI=1S/C60H96O28/c1-24(2)11-10-15-58(8)59(76)18-17-57(7)26-12-13-32-55(4,5)34(14-16-56(32,6)27(26)19-33(64)60(57,59)54(75)88-58)84-53-48(38(68)31(23-78-53)83-50-41(71)39(69)35(65)28(20-61)80-50)87-49-42(72)40(70)45(25(3)79-49)85-52-44(74)47(37(67)30(22-63)82-52)86-51-43(73)46(77-9)36(66)29(21-62)81-51/h11,19,25-26,28-53,61-74,76H,10,12-18,20-23H2,1-9H3/t25-,26-,28-,29-,30-,31-,32+,33+,34+,35-,36-,37-,38+,39+,40-,41-,42-,43-,44-,45-,46+,47+,48-,49+,50+,51+,52+,53+,56-,57+,58+,59+,60-/m1/s1. The van der Waals surface area contributed by atoms with Crippen molar-refractivity contribution < 1.29 is 138 Å². The van der Waals surface area contributed by atoms with E-state index >= 15 is 0 Å². The third kappa shape index (κ3) is 10.9. The van der Waals surface area contributed by atoms with Gasteiger partial charge in [-0.3, -0.25) is 4.79 Å². The first-order chi connectivity index (χ1) is 41.3. The van der Waals surface area contributed by atoms with Crippen LogP contribution < -0.4 is 0 Å². The second kappa shape index (κ2) is 25.6. The third-order valence-electron chi connectivity index (χ3n) is 22.4. The lowest BCUT2D eigenvalue weighted by Gasteiger charge is -2.64. The molecule has 4 aliphatic carbocycles. The smallest absolute Gasteiger partial charge is 0.319 e. The SMILES string of the molecule is CO[C@@H]1[C@@H](O)[C@H](O[C@@H]2[C@@H](O)[C@H](O[C@H]3[C@H](O)[C@@H](O)[C@H](O[C@H]4[C@H](O[C@H]5CC[C@]6(C)C7=C[C@H](O)[C@]89C(=O)O[C@@](C)(CCC=C(C)C)[C@@]8(O)CC[C@@]9(C)[C@@H]7CC[C@H]6C5(C)C)OC[C@@H](O[C@@H]5O[C@H](CO)[C@@H](O)[C@H](O)[C@H]5O)[C@@H]4O)O[C@@H]3C)O[C@H](CO)[C@H]2O)O[C@H](CO)[C@H]1O. The number of carbonyl (C=O) groups excluding carboxylic acids is 1. The average Bonchev–Trinajstić information content (AvgIpc) is 1.45. The van der Waals surface area contributed by atoms with Gasteiger partial charge in [-0.15, -0.1) is 0 Å². The van der Waals surface area contributed by atoms with E-state index < -0.39 is 225 Å². The molecule has 6 aliphatic heterocycles. The Morgan fingerprint density at radius 1 is 0.602 bits per heavy atom. The van der Waals surface area contributed by atoms with Crippen LogP contribution in [-0.2, 0) is 61.6 Å².